The summed E-state index contributed by atoms with van der Waals surface area (Å²) in [5, 5.41) is 19.6. The van der Waals surface area contributed by atoms with Gasteiger partial charge in [0, 0.05) is 26.2 Å². The van der Waals surface area contributed by atoms with E-state index < -0.39 is 25.9 Å². The monoisotopic (exact) mass is 484 g/mol. The molecule has 4 rings (SSSR count). The zero-order valence-corrected chi connectivity index (χ0v) is 18.9. The summed E-state index contributed by atoms with van der Waals surface area (Å²) in [6.45, 7) is 3.43. The van der Waals surface area contributed by atoms with Crippen LogP contribution in [0.2, 0.25) is 0 Å². The Hall–Kier alpha value is -2.75. The molecule has 0 aliphatic carbocycles. The second-order valence-electron chi connectivity index (χ2n) is 7.30. The number of hydrogen-bond donors (Lipinski definition) is 2. The second-order valence-corrected chi connectivity index (χ2v) is 11.1. The summed E-state index contributed by atoms with van der Waals surface area (Å²) in [5.41, 5.74) is 0.679. The predicted octanol–water partition coefficient (Wildman–Crippen LogP) is 0.431. The van der Waals surface area contributed by atoms with Crippen molar-refractivity contribution in [3.05, 3.63) is 35.4 Å². The Kier molecular flexibility index (Phi) is 5.83. The smallest absolute Gasteiger partial charge is 0.246 e. The normalized spacial score (nSPS) is 16.8. The summed E-state index contributed by atoms with van der Waals surface area (Å²) in [4.78, 5) is -0.0337. The average Bonchev–Trinajstić information content (AvgIpc) is 3.30. The van der Waals surface area contributed by atoms with Crippen molar-refractivity contribution in [1.29, 1.82) is 0 Å². The number of nitrogens with zero attached hydrogens (tertiary/aromatic N) is 6. The van der Waals surface area contributed by atoms with Gasteiger partial charge in [0.1, 0.15) is 10.7 Å². The van der Waals surface area contributed by atoms with Crippen LogP contribution in [0.1, 0.15) is 17.8 Å². The molecule has 3 heterocycles. The average molecular weight is 485 g/mol. The van der Waals surface area contributed by atoms with E-state index in [2.05, 4.69) is 30.8 Å². The number of halogens is 1. The fourth-order valence-electron chi connectivity index (χ4n) is 3.66. The predicted molar refractivity (Wildman–Crippen MR) is 110 cm³/mol. The minimum atomic E-state index is -4.01. The first-order chi connectivity index (χ1) is 15.1. The molecule has 172 valence electrons. The van der Waals surface area contributed by atoms with Crippen molar-refractivity contribution in [2.24, 2.45) is 0 Å². The van der Waals surface area contributed by atoms with Crippen LogP contribution in [-0.2, 0) is 20.0 Å². The van der Waals surface area contributed by atoms with Gasteiger partial charge in [-0.3, -0.25) is 5.10 Å². The summed E-state index contributed by atoms with van der Waals surface area (Å²) in [6.07, 6.45) is 0.299. The Morgan fingerprint density at radius 2 is 1.66 bits per heavy atom. The van der Waals surface area contributed by atoms with Crippen molar-refractivity contribution in [2.75, 3.05) is 26.2 Å². The largest absolute Gasteiger partial charge is 0.281 e. The standard InChI is InChI=1S/C17H21FN8O4S2/c1-11-16(12(2)20-19-11)32(29,30)26-7-3-6-25(8-9-26)31(27,28)13-4-5-15(18)14(10-13)17-21-23-24-22-17/h4-5,10H,3,6-9H2,1-2H3,(H,19,20)(H,21,22,23,24). The van der Waals surface area contributed by atoms with Crippen molar-refractivity contribution in [3.63, 3.8) is 0 Å². The molecule has 1 aliphatic rings. The van der Waals surface area contributed by atoms with Crippen molar-refractivity contribution < 1.29 is 21.2 Å². The lowest BCUT2D eigenvalue weighted by atomic mass is 10.2. The highest BCUT2D eigenvalue weighted by atomic mass is 32.2. The first-order valence-corrected chi connectivity index (χ1v) is 12.6. The second kappa shape index (κ2) is 8.31. The number of hydrogen-bond acceptors (Lipinski definition) is 8. The van der Waals surface area contributed by atoms with Gasteiger partial charge in [-0.15, -0.1) is 10.2 Å². The lowest BCUT2D eigenvalue weighted by molar-refractivity contribution is 0.404. The fourth-order valence-corrected chi connectivity index (χ4v) is 6.96. The van der Waals surface area contributed by atoms with Gasteiger partial charge in [0.25, 0.3) is 0 Å². The van der Waals surface area contributed by atoms with Crippen LogP contribution in [0.15, 0.2) is 28.0 Å². The Balaban J connectivity index is 1.59. The van der Waals surface area contributed by atoms with E-state index in [0.717, 1.165) is 18.2 Å². The first-order valence-electron chi connectivity index (χ1n) is 9.67. The third kappa shape index (κ3) is 3.92. The quantitative estimate of drug-likeness (QED) is 0.528. The third-order valence-corrected chi connectivity index (χ3v) is 9.29. The van der Waals surface area contributed by atoms with Gasteiger partial charge in [0.05, 0.1) is 21.8 Å². The van der Waals surface area contributed by atoms with E-state index in [-0.39, 0.29) is 47.4 Å². The van der Waals surface area contributed by atoms with Crippen LogP contribution in [0, 0.1) is 19.7 Å². The molecule has 15 heteroatoms. The minimum Gasteiger partial charge on any atom is -0.281 e. The van der Waals surface area contributed by atoms with E-state index in [4.69, 9.17) is 0 Å². The molecule has 0 radical (unpaired) electrons. The lowest BCUT2D eigenvalue weighted by Crippen LogP contribution is -2.37. The number of sulfonamides is 2. The summed E-state index contributed by atoms with van der Waals surface area (Å²) in [6, 6.07) is 3.33. The first kappa shape index (κ1) is 22.4. The molecule has 0 atom stereocenters. The molecule has 0 amide bonds. The number of H-pyrrole nitrogens is 2. The maximum atomic E-state index is 14.2. The topological polar surface area (TPSA) is 158 Å². The maximum Gasteiger partial charge on any atom is 0.246 e. The molecule has 0 saturated carbocycles. The van der Waals surface area contributed by atoms with Crippen molar-refractivity contribution in [3.8, 4) is 11.4 Å². The van der Waals surface area contributed by atoms with Gasteiger partial charge in [0.2, 0.25) is 25.9 Å². The van der Waals surface area contributed by atoms with Gasteiger partial charge in [-0.2, -0.15) is 18.9 Å². The number of aromatic nitrogens is 6. The molecule has 1 aliphatic heterocycles. The third-order valence-electron chi connectivity index (χ3n) is 5.23. The van der Waals surface area contributed by atoms with Gasteiger partial charge in [0.15, 0.2) is 0 Å². The molecule has 3 aromatic rings. The van der Waals surface area contributed by atoms with Gasteiger partial charge in [-0.1, -0.05) is 0 Å². The number of aromatic amines is 2. The molecule has 0 bridgehead atoms. The minimum absolute atomic E-state index is 0.0233. The van der Waals surface area contributed by atoms with Crippen molar-refractivity contribution >= 4 is 20.0 Å². The summed E-state index contributed by atoms with van der Waals surface area (Å²) < 4.78 is 69.3. The SMILES string of the molecule is Cc1n[nH]c(C)c1S(=O)(=O)N1CCCN(S(=O)(=O)c2ccc(F)c(-c3nn[nH]n3)c2)CC1. The molecule has 12 nitrogen and oxygen atoms in total. The molecule has 1 saturated heterocycles. The van der Waals surface area contributed by atoms with Gasteiger partial charge >= 0.3 is 0 Å². The molecule has 1 aromatic carbocycles. The van der Waals surface area contributed by atoms with E-state index in [0.29, 0.717) is 17.8 Å². The van der Waals surface area contributed by atoms with Crippen LogP contribution in [0.4, 0.5) is 4.39 Å². The Bertz CT molecular complexity index is 1320. The van der Waals surface area contributed by atoms with Gasteiger partial charge in [-0.05, 0) is 43.7 Å². The number of rotatable bonds is 5. The summed E-state index contributed by atoms with van der Waals surface area (Å²) in [5.74, 6) is -0.761. The van der Waals surface area contributed by atoms with E-state index in [1.54, 1.807) is 13.8 Å². The Labute approximate surface area is 183 Å². The molecular formula is C17H21FN8O4S2. The fraction of sp³-hybridized carbons (Fsp3) is 0.412. The molecule has 2 aromatic heterocycles. The van der Waals surface area contributed by atoms with Crippen LogP contribution in [-0.4, -0.2) is 82.4 Å². The van der Waals surface area contributed by atoms with Crippen LogP contribution in [0.3, 0.4) is 0 Å². The Morgan fingerprint density at radius 1 is 0.969 bits per heavy atom. The van der Waals surface area contributed by atoms with Crippen LogP contribution in [0.25, 0.3) is 11.4 Å². The maximum absolute atomic E-state index is 14.2. The van der Waals surface area contributed by atoms with E-state index in [9.17, 15) is 21.2 Å². The van der Waals surface area contributed by atoms with Crippen molar-refractivity contribution in [2.45, 2.75) is 30.1 Å². The highest BCUT2D eigenvalue weighted by molar-refractivity contribution is 7.89. The van der Waals surface area contributed by atoms with E-state index in [1.807, 2.05) is 0 Å². The van der Waals surface area contributed by atoms with Gasteiger partial charge < -0.3 is 0 Å². The molecule has 0 unspecified atom stereocenters. The molecule has 32 heavy (non-hydrogen) atoms. The highest BCUT2D eigenvalue weighted by Crippen LogP contribution is 2.27. The molecule has 0 spiro atoms. The number of tetrazole rings is 1. The van der Waals surface area contributed by atoms with Crippen LogP contribution in [0.5, 0.6) is 0 Å². The zero-order valence-electron chi connectivity index (χ0n) is 17.3. The van der Waals surface area contributed by atoms with Crippen LogP contribution < -0.4 is 0 Å². The van der Waals surface area contributed by atoms with E-state index >= 15 is 0 Å². The number of aryl methyl sites for hydroxylation is 2. The lowest BCUT2D eigenvalue weighted by Gasteiger charge is -2.22. The van der Waals surface area contributed by atoms with Crippen molar-refractivity contribution in [1.82, 2.24) is 39.4 Å². The van der Waals surface area contributed by atoms with E-state index in [1.165, 1.54) is 8.61 Å². The Morgan fingerprint density at radius 3 is 2.25 bits per heavy atom. The molecule has 2 N–H and O–H groups in total. The van der Waals surface area contributed by atoms with Crippen LogP contribution >= 0.6 is 0 Å². The highest BCUT2D eigenvalue weighted by Gasteiger charge is 2.34. The molecular weight excluding hydrogens is 463 g/mol. The van der Waals surface area contributed by atoms with Gasteiger partial charge in [-0.25, -0.2) is 21.2 Å². The molecule has 1 fully saturated rings. The summed E-state index contributed by atoms with van der Waals surface area (Å²) in [7, 11) is -7.85. The summed E-state index contributed by atoms with van der Waals surface area (Å²) >= 11 is 0. The number of benzene rings is 1. The zero-order chi connectivity index (χ0) is 23.1. The number of nitrogens with one attached hydrogen (secondary N) is 2.